The third kappa shape index (κ3) is 3.55. The van der Waals surface area contributed by atoms with E-state index in [0.717, 1.165) is 10.7 Å². The van der Waals surface area contributed by atoms with E-state index in [1.165, 1.54) is 0 Å². The zero-order valence-electron chi connectivity index (χ0n) is 11.6. The number of carboxylic acid groups (broad SMARTS) is 1. The van der Waals surface area contributed by atoms with E-state index in [-0.39, 0.29) is 12.3 Å². The lowest BCUT2D eigenvalue weighted by atomic mass is 10.1. The summed E-state index contributed by atoms with van der Waals surface area (Å²) in [4.78, 5) is 29.1. The SMILES string of the molecule is CC(C)c1nc(CN2CCNC(=O)C2CC(=O)O)cs1. The van der Waals surface area contributed by atoms with Crippen LogP contribution in [0.4, 0.5) is 0 Å². The molecule has 0 aromatic carbocycles. The molecule has 6 nitrogen and oxygen atoms in total. The molecule has 1 unspecified atom stereocenters. The number of hydrogen-bond donors (Lipinski definition) is 2. The first-order valence-electron chi connectivity index (χ1n) is 6.65. The average molecular weight is 297 g/mol. The van der Waals surface area contributed by atoms with Gasteiger partial charge in [0.15, 0.2) is 0 Å². The highest BCUT2D eigenvalue weighted by atomic mass is 32.1. The largest absolute Gasteiger partial charge is 0.481 e. The van der Waals surface area contributed by atoms with E-state index in [9.17, 15) is 9.59 Å². The van der Waals surface area contributed by atoms with Crippen molar-refractivity contribution < 1.29 is 14.7 Å². The summed E-state index contributed by atoms with van der Waals surface area (Å²) in [5, 5.41) is 14.7. The quantitative estimate of drug-likeness (QED) is 0.848. The van der Waals surface area contributed by atoms with E-state index in [4.69, 9.17) is 5.11 Å². The molecule has 1 saturated heterocycles. The Morgan fingerprint density at radius 1 is 1.65 bits per heavy atom. The van der Waals surface area contributed by atoms with Crippen LogP contribution in [0.1, 0.15) is 36.9 Å². The van der Waals surface area contributed by atoms with Crippen molar-refractivity contribution >= 4 is 23.2 Å². The van der Waals surface area contributed by atoms with E-state index in [1.54, 1.807) is 11.3 Å². The third-order valence-electron chi connectivity index (χ3n) is 3.24. The molecule has 1 aliphatic rings. The lowest BCUT2D eigenvalue weighted by Gasteiger charge is -2.33. The van der Waals surface area contributed by atoms with Crippen molar-refractivity contribution in [2.75, 3.05) is 13.1 Å². The third-order valence-corrected chi connectivity index (χ3v) is 4.43. The normalized spacial score (nSPS) is 20.1. The minimum absolute atomic E-state index is 0.174. The first kappa shape index (κ1) is 14.9. The Kier molecular flexibility index (Phi) is 4.72. The van der Waals surface area contributed by atoms with Gasteiger partial charge < -0.3 is 10.4 Å². The minimum Gasteiger partial charge on any atom is -0.481 e. The van der Waals surface area contributed by atoms with Crippen molar-refractivity contribution in [1.82, 2.24) is 15.2 Å². The topological polar surface area (TPSA) is 82.5 Å². The first-order valence-corrected chi connectivity index (χ1v) is 7.53. The van der Waals surface area contributed by atoms with Gasteiger partial charge in [-0.05, 0) is 0 Å². The number of aliphatic carboxylic acids is 1. The zero-order valence-corrected chi connectivity index (χ0v) is 12.4. The van der Waals surface area contributed by atoms with Gasteiger partial charge in [-0.1, -0.05) is 13.8 Å². The van der Waals surface area contributed by atoms with Crippen LogP contribution in [0.5, 0.6) is 0 Å². The number of amides is 1. The molecule has 0 bridgehead atoms. The Morgan fingerprint density at radius 2 is 2.40 bits per heavy atom. The van der Waals surface area contributed by atoms with Crippen LogP contribution in [0.3, 0.4) is 0 Å². The first-order chi connectivity index (χ1) is 9.47. The van der Waals surface area contributed by atoms with Crippen LogP contribution in [-0.2, 0) is 16.1 Å². The second-order valence-electron chi connectivity index (χ2n) is 5.21. The van der Waals surface area contributed by atoms with Gasteiger partial charge in [0, 0.05) is 30.9 Å². The Hall–Kier alpha value is -1.47. The van der Waals surface area contributed by atoms with Crippen molar-refractivity contribution in [3.8, 4) is 0 Å². The average Bonchev–Trinajstić information content (AvgIpc) is 2.82. The summed E-state index contributed by atoms with van der Waals surface area (Å²) in [7, 11) is 0. The number of aromatic nitrogens is 1. The Morgan fingerprint density at radius 3 is 3.00 bits per heavy atom. The summed E-state index contributed by atoms with van der Waals surface area (Å²) < 4.78 is 0. The van der Waals surface area contributed by atoms with Gasteiger partial charge in [-0.3, -0.25) is 14.5 Å². The Bertz CT molecular complexity index is 501. The molecule has 0 aliphatic carbocycles. The highest BCUT2D eigenvalue weighted by Crippen LogP contribution is 2.21. The van der Waals surface area contributed by atoms with Gasteiger partial charge >= 0.3 is 5.97 Å². The summed E-state index contributed by atoms with van der Waals surface area (Å²) >= 11 is 1.61. The molecule has 2 rings (SSSR count). The predicted molar refractivity (Wildman–Crippen MR) is 75.7 cm³/mol. The number of nitrogens with one attached hydrogen (secondary N) is 1. The van der Waals surface area contributed by atoms with Crippen LogP contribution in [0, 0.1) is 0 Å². The summed E-state index contributed by atoms with van der Waals surface area (Å²) in [6, 6.07) is -0.606. The molecular weight excluding hydrogens is 278 g/mol. The number of carbonyl (C=O) groups is 2. The zero-order chi connectivity index (χ0) is 14.7. The number of thiazole rings is 1. The molecule has 0 radical (unpaired) electrons. The number of carboxylic acids is 1. The van der Waals surface area contributed by atoms with E-state index in [1.807, 2.05) is 10.3 Å². The molecule has 7 heteroatoms. The van der Waals surface area contributed by atoms with Crippen LogP contribution >= 0.6 is 11.3 Å². The van der Waals surface area contributed by atoms with E-state index in [2.05, 4.69) is 24.1 Å². The van der Waals surface area contributed by atoms with Crippen LogP contribution in [0.15, 0.2) is 5.38 Å². The van der Waals surface area contributed by atoms with Gasteiger partial charge in [0.25, 0.3) is 0 Å². The van der Waals surface area contributed by atoms with E-state index >= 15 is 0 Å². The lowest BCUT2D eigenvalue weighted by molar-refractivity contribution is -0.143. The lowest BCUT2D eigenvalue weighted by Crippen LogP contribution is -2.55. The number of piperazine rings is 1. The van der Waals surface area contributed by atoms with Gasteiger partial charge in [-0.2, -0.15) is 0 Å². The molecular formula is C13H19N3O3S. The van der Waals surface area contributed by atoms with Crippen molar-refractivity contribution in [2.24, 2.45) is 0 Å². The van der Waals surface area contributed by atoms with Gasteiger partial charge in [0.05, 0.1) is 17.1 Å². The molecule has 20 heavy (non-hydrogen) atoms. The van der Waals surface area contributed by atoms with Crippen molar-refractivity contribution in [2.45, 2.75) is 38.8 Å². The van der Waals surface area contributed by atoms with E-state index < -0.39 is 12.0 Å². The van der Waals surface area contributed by atoms with Gasteiger partial charge in [-0.25, -0.2) is 4.98 Å². The maximum Gasteiger partial charge on any atom is 0.305 e. The molecule has 1 aliphatic heterocycles. The minimum atomic E-state index is -0.960. The number of hydrogen-bond acceptors (Lipinski definition) is 5. The van der Waals surface area contributed by atoms with Crippen LogP contribution < -0.4 is 5.32 Å². The fourth-order valence-electron chi connectivity index (χ4n) is 2.21. The summed E-state index contributed by atoms with van der Waals surface area (Å²) in [5.41, 5.74) is 0.906. The molecule has 2 N–H and O–H groups in total. The molecule has 0 spiro atoms. The summed E-state index contributed by atoms with van der Waals surface area (Å²) in [6.07, 6.45) is -0.174. The number of carbonyl (C=O) groups excluding carboxylic acids is 1. The Balaban J connectivity index is 2.07. The fourth-order valence-corrected chi connectivity index (χ4v) is 3.03. The second-order valence-corrected chi connectivity index (χ2v) is 6.10. The number of nitrogens with zero attached hydrogens (tertiary/aromatic N) is 2. The van der Waals surface area contributed by atoms with E-state index in [0.29, 0.717) is 25.6 Å². The standard InChI is InChI=1S/C13H19N3O3S/c1-8(2)13-15-9(7-20-13)6-16-4-3-14-12(19)10(16)5-11(17)18/h7-8,10H,3-6H2,1-2H3,(H,14,19)(H,17,18). The van der Waals surface area contributed by atoms with Crippen LogP contribution in [0.25, 0.3) is 0 Å². The van der Waals surface area contributed by atoms with Crippen molar-refractivity contribution in [3.05, 3.63) is 16.1 Å². The molecule has 1 fully saturated rings. The Labute approximate surface area is 121 Å². The van der Waals surface area contributed by atoms with Gasteiger partial charge in [0.1, 0.15) is 6.04 Å². The fraction of sp³-hybridized carbons (Fsp3) is 0.615. The molecule has 0 saturated carbocycles. The predicted octanol–water partition coefficient (Wildman–Crippen LogP) is 1.04. The van der Waals surface area contributed by atoms with Crippen molar-refractivity contribution in [1.29, 1.82) is 0 Å². The molecule has 1 atom stereocenters. The maximum absolute atomic E-state index is 11.8. The smallest absolute Gasteiger partial charge is 0.305 e. The maximum atomic E-state index is 11.8. The highest BCUT2D eigenvalue weighted by Gasteiger charge is 2.31. The highest BCUT2D eigenvalue weighted by molar-refractivity contribution is 7.09. The van der Waals surface area contributed by atoms with Gasteiger partial charge in [-0.15, -0.1) is 11.3 Å². The van der Waals surface area contributed by atoms with Crippen LogP contribution in [0.2, 0.25) is 0 Å². The van der Waals surface area contributed by atoms with Crippen LogP contribution in [-0.4, -0.2) is 46.0 Å². The van der Waals surface area contributed by atoms with Crippen molar-refractivity contribution in [3.63, 3.8) is 0 Å². The molecule has 1 aromatic rings. The summed E-state index contributed by atoms with van der Waals surface area (Å²) in [5.74, 6) is -0.788. The number of rotatable bonds is 5. The monoisotopic (exact) mass is 297 g/mol. The second kappa shape index (κ2) is 6.32. The molecule has 2 heterocycles. The molecule has 110 valence electrons. The molecule has 1 amide bonds. The van der Waals surface area contributed by atoms with Gasteiger partial charge in [0.2, 0.25) is 5.91 Å². The molecule has 1 aromatic heterocycles. The summed E-state index contributed by atoms with van der Waals surface area (Å²) in [6.45, 7) is 5.90.